The van der Waals surface area contributed by atoms with Crippen molar-refractivity contribution in [3.05, 3.63) is 39.8 Å². The van der Waals surface area contributed by atoms with Crippen LogP contribution in [0.15, 0.2) is 23.1 Å². The van der Waals surface area contributed by atoms with Gasteiger partial charge in [-0.1, -0.05) is 19.3 Å². The van der Waals surface area contributed by atoms with Crippen LogP contribution < -0.4 is 10.9 Å². The van der Waals surface area contributed by atoms with Gasteiger partial charge in [-0.3, -0.25) is 19.2 Å². The summed E-state index contributed by atoms with van der Waals surface area (Å²) in [6, 6.07) is 4.04. The second kappa shape index (κ2) is 11.3. The van der Waals surface area contributed by atoms with Crippen molar-refractivity contribution in [2.45, 2.75) is 63.5 Å². The molecule has 2 saturated heterocycles. The van der Waals surface area contributed by atoms with Crippen molar-refractivity contribution in [3.8, 4) is 0 Å². The lowest BCUT2D eigenvalue weighted by molar-refractivity contribution is -0.0361. The van der Waals surface area contributed by atoms with Crippen LogP contribution in [-0.2, 0) is 9.47 Å². The summed E-state index contributed by atoms with van der Waals surface area (Å²) in [5.41, 5.74) is 2.88. The molecule has 0 unspecified atom stereocenters. The van der Waals surface area contributed by atoms with Crippen molar-refractivity contribution in [1.82, 2.24) is 25.0 Å². The van der Waals surface area contributed by atoms with Gasteiger partial charge < -0.3 is 19.8 Å². The Bertz CT molecular complexity index is 1350. The molecule has 0 spiro atoms. The molecule has 9 nitrogen and oxygen atoms in total. The van der Waals surface area contributed by atoms with E-state index in [-0.39, 0.29) is 35.5 Å². The Hall–Kier alpha value is -2.46. The lowest BCUT2D eigenvalue weighted by atomic mass is 9.79. The SMILES string of the molecule is Cc1cc2[nH]c(=O)c3cnn(C4CCOCC4)c3c2cc1C(=O)NCC1(N2CCOCC2)CCCCC1.Cl. The zero-order valence-corrected chi connectivity index (χ0v) is 22.9. The van der Waals surface area contributed by atoms with E-state index in [1.165, 1.54) is 19.3 Å². The fraction of sp³-hybridized carbons (Fsp3) is 0.607. The number of carbonyl (C=O) groups is 1. The third-order valence-electron chi connectivity index (χ3n) is 8.73. The third-order valence-corrected chi connectivity index (χ3v) is 8.73. The number of fused-ring (bicyclic) bond motifs is 3. The summed E-state index contributed by atoms with van der Waals surface area (Å²) >= 11 is 0. The molecule has 10 heteroatoms. The van der Waals surface area contributed by atoms with Gasteiger partial charge in [0.25, 0.3) is 11.5 Å². The Kier molecular flexibility index (Phi) is 8.09. The number of ether oxygens (including phenoxy) is 2. The first-order valence-corrected chi connectivity index (χ1v) is 13.8. The van der Waals surface area contributed by atoms with E-state index in [9.17, 15) is 9.59 Å². The minimum absolute atomic E-state index is 0. The number of aryl methyl sites for hydroxylation is 1. The van der Waals surface area contributed by atoms with Gasteiger partial charge in [-0.15, -0.1) is 12.4 Å². The average Bonchev–Trinajstić information content (AvgIpc) is 3.39. The molecule has 1 aromatic carbocycles. The molecule has 1 saturated carbocycles. The molecule has 206 valence electrons. The molecule has 2 aliphatic heterocycles. The summed E-state index contributed by atoms with van der Waals surface area (Å²) in [5.74, 6) is -0.0610. The summed E-state index contributed by atoms with van der Waals surface area (Å²) in [4.78, 5) is 32.0. The second-order valence-electron chi connectivity index (χ2n) is 10.9. The van der Waals surface area contributed by atoms with Crippen molar-refractivity contribution in [1.29, 1.82) is 0 Å². The highest BCUT2D eigenvalue weighted by Crippen LogP contribution is 2.34. The highest BCUT2D eigenvalue weighted by molar-refractivity contribution is 6.07. The molecule has 3 aliphatic rings. The number of nitrogens with zero attached hydrogens (tertiary/aromatic N) is 3. The van der Waals surface area contributed by atoms with Crippen LogP contribution in [0.2, 0.25) is 0 Å². The molecule has 3 aromatic rings. The van der Waals surface area contributed by atoms with Gasteiger partial charge in [-0.25, -0.2) is 0 Å². The molecule has 2 N–H and O–H groups in total. The summed E-state index contributed by atoms with van der Waals surface area (Å²) in [6.07, 6.45) is 9.23. The largest absolute Gasteiger partial charge is 0.381 e. The van der Waals surface area contributed by atoms with Crippen LogP contribution >= 0.6 is 12.4 Å². The molecular formula is C28H38ClN5O4. The number of morpholine rings is 1. The number of halogens is 1. The standard InChI is InChI=1S/C28H37N5O4.ClH/c1-19-15-24-22(25-23(27(35)31-24)17-30-33(25)20-5-11-36-12-6-20)16-21(19)26(34)29-18-28(7-3-2-4-8-28)32-9-13-37-14-10-32;/h15-17,20H,2-14,18H2,1H3,(H,29,34)(H,31,35);1H. The lowest BCUT2D eigenvalue weighted by Crippen LogP contribution is -2.59. The van der Waals surface area contributed by atoms with E-state index in [1.807, 2.05) is 23.7 Å². The van der Waals surface area contributed by atoms with E-state index in [2.05, 4.69) is 20.3 Å². The van der Waals surface area contributed by atoms with Crippen molar-refractivity contribution < 1.29 is 14.3 Å². The number of hydrogen-bond donors (Lipinski definition) is 2. The number of H-pyrrole nitrogens is 1. The predicted molar refractivity (Wildman–Crippen MR) is 149 cm³/mol. The first-order chi connectivity index (χ1) is 18.1. The summed E-state index contributed by atoms with van der Waals surface area (Å²) < 4.78 is 13.1. The highest BCUT2D eigenvalue weighted by atomic mass is 35.5. The zero-order chi connectivity index (χ0) is 25.4. The lowest BCUT2D eigenvalue weighted by Gasteiger charge is -2.48. The Balaban J connectivity index is 0.00000294. The summed E-state index contributed by atoms with van der Waals surface area (Å²) in [7, 11) is 0. The van der Waals surface area contributed by atoms with Crippen LogP contribution in [0.3, 0.4) is 0 Å². The average molecular weight is 544 g/mol. The maximum atomic E-state index is 13.6. The third kappa shape index (κ3) is 4.97. The van der Waals surface area contributed by atoms with Crippen LogP contribution in [-0.4, -0.2) is 77.2 Å². The van der Waals surface area contributed by atoms with Crippen molar-refractivity contribution in [2.24, 2.45) is 0 Å². The molecule has 1 amide bonds. The minimum atomic E-state index is -0.151. The smallest absolute Gasteiger partial charge is 0.259 e. The molecule has 2 aromatic heterocycles. The summed E-state index contributed by atoms with van der Waals surface area (Å²) in [5, 5.41) is 9.34. The van der Waals surface area contributed by atoms with Crippen LogP contribution in [0.5, 0.6) is 0 Å². The molecule has 0 atom stereocenters. The monoisotopic (exact) mass is 543 g/mol. The Morgan fingerprint density at radius 3 is 2.53 bits per heavy atom. The molecule has 4 heterocycles. The Morgan fingerprint density at radius 2 is 1.79 bits per heavy atom. The van der Waals surface area contributed by atoms with Gasteiger partial charge in [-0.05, 0) is 50.3 Å². The van der Waals surface area contributed by atoms with E-state index in [0.29, 0.717) is 30.7 Å². The zero-order valence-electron chi connectivity index (χ0n) is 22.1. The second-order valence-corrected chi connectivity index (χ2v) is 10.9. The van der Waals surface area contributed by atoms with Crippen LogP contribution in [0.4, 0.5) is 0 Å². The van der Waals surface area contributed by atoms with Crippen molar-refractivity contribution in [2.75, 3.05) is 46.1 Å². The number of nitrogens with one attached hydrogen (secondary N) is 2. The number of aromatic amines is 1. The number of carbonyl (C=O) groups excluding carboxylic acids is 1. The van der Waals surface area contributed by atoms with E-state index >= 15 is 0 Å². The molecule has 3 fully saturated rings. The van der Waals surface area contributed by atoms with Gasteiger partial charge in [0.1, 0.15) is 0 Å². The van der Waals surface area contributed by atoms with E-state index < -0.39 is 0 Å². The quantitative estimate of drug-likeness (QED) is 0.508. The maximum absolute atomic E-state index is 13.6. The van der Waals surface area contributed by atoms with Gasteiger partial charge in [0, 0.05) is 49.3 Å². The summed E-state index contributed by atoms with van der Waals surface area (Å²) in [6.45, 7) is 7.31. The number of pyridine rings is 1. The van der Waals surface area contributed by atoms with E-state index in [4.69, 9.17) is 9.47 Å². The van der Waals surface area contributed by atoms with Gasteiger partial charge in [-0.2, -0.15) is 5.10 Å². The van der Waals surface area contributed by atoms with Crippen molar-refractivity contribution in [3.63, 3.8) is 0 Å². The number of rotatable bonds is 5. The minimum Gasteiger partial charge on any atom is -0.381 e. The molecule has 0 radical (unpaired) electrons. The van der Waals surface area contributed by atoms with Gasteiger partial charge in [0.15, 0.2) is 0 Å². The topological polar surface area (TPSA) is 101 Å². The van der Waals surface area contributed by atoms with Crippen LogP contribution in [0.1, 0.15) is 66.9 Å². The van der Waals surface area contributed by atoms with Gasteiger partial charge in [0.05, 0.1) is 41.9 Å². The molecule has 0 bridgehead atoms. The maximum Gasteiger partial charge on any atom is 0.259 e. The molecular weight excluding hydrogens is 506 g/mol. The van der Waals surface area contributed by atoms with Crippen LogP contribution in [0.25, 0.3) is 21.8 Å². The van der Waals surface area contributed by atoms with E-state index in [1.54, 1.807) is 6.20 Å². The number of hydrogen-bond acceptors (Lipinski definition) is 6. The highest BCUT2D eigenvalue weighted by Gasteiger charge is 2.39. The fourth-order valence-corrected chi connectivity index (χ4v) is 6.64. The Labute approximate surface area is 228 Å². The number of benzene rings is 1. The first-order valence-electron chi connectivity index (χ1n) is 13.8. The first kappa shape index (κ1) is 27.1. The molecule has 38 heavy (non-hydrogen) atoms. The molecule has 6 rings (SSSR count). The van der Waals surface area contributed by atoms with E-state index in [0.717, 1.165) is 74.0 Å². The van der Waals surface area contributed by atoms with Gasteiger partial charge >= 0.3 is 0 Å². The Morgan fingerprint density at radius 1 is 1.08 bits per heavy atom. The predicted octanol–water partition coefficient (Wildman–Crippen LogP) is 3.72. The number of amides is 1. The van der Waals surface area contributed by atoms with Crippen molar-refractivity contribution >= 4 is 40.1 Å². The fourth-order valence-electron chi connectivity index (χ4n) is 6.64. The van der Waals surface area contributed by atoms with Crippen LogP contribution in [0, 0.1) is 6.92 Å². The van der Waals surface area contributed by atoms with Gasteiger partial charge in [0.2, 0.25) is 0 Å². The molecule has 1 aliphatic carbocycles. The normalized spacial score (nSPS) is 20.9. The number of aromatic nitrogens is 3.